The molecule has 4 heteroatoms. The molecular weight excluding hydrogens is 254 g/mol. The number of hydrogen-bond donors (Lipinski definition) is 1. The number of carbonyl (C=O) groups excluding carboxylic acids is 2. The number of ether oxygens (including phenoxy) is 1. The Morgan fingerprint density at radius 1 is 1.25 bits per heavy atom. The molecule has 0 aliphatic carbocycles. The van der Waals surface area contributed by atoms with Crippen molar-refractivity contribution in [1.29, 1.82) is 0 Å². The monoisotopic (exact) mass is 275 g/mol. The normalized spacial score (nSPS) is 12.1. The zero-order chi connectivity index (χ0) is 15.2. The van der Waals surface area contributed by atoms with E-state index in [9.17, 15) is 9.59 Å². The van der Waals surface area contributed by atoms with Gasteiger partial charge in [0.1, 0.15) is 11.9 Å². The fourth-order valence-corrected chi connectivity index (χ4v) is 1.61. The van der Waals surface area contributed by atoms with E-state index in [1.165, 1.54) is 6.20 Å². The lowest BCUT2D eigenvalue weighted by molar-refractivity contribution is -0.105. The summed E-state index contributed by atoms with van der Waals surface area (Å²) in [5, 5.41) is 0. The Hall–Kier alpha value is -2.10. The van der Waals surface area contributed by atoms with Crippen LogP contribution in [0.3, 0.4) is 0 Å². The molecule has 108 valence electrons. The minimum Gasteiger partial charge on any atom is -0.456 e. The Morgan fingerprint density at radius 3 is 2.30 bits per heavy atom. The van der Waals surface area contributed by atoms with E-state index in [0.717, 1.165) is 11.8 Å². The molecule has 1 aromatic carbocycles. The van der Waals surface area contributed by atoms with Crippen molar-refractivity contribution >= 4 is 12.3 Å². The topological polar surface area (TPSA) is 69.4 Å². The summed E-state index contributed by atoms with van der Waals surface area (Å²) in [6, 6.07) is 7.18. The van der Waals surface area contributed by atoms with Crippen molar-refractivity contribution < 1.29 is 14.3 Å². The molecule has 0 aliphatic heterocycles. The van der Waals surface area contributed by atoms with Gasteiger partial charge in [-0.25, -0.2) is 4.79 Å². The summed E-state index contributed by atoms with van der Waals surface area (Å²) in [6.45, 7) is 5.50. The number of hydrogen-bond acceptors (Lipinski definition) is 4. The van der Waals surface area contributed by atoms with Gasteiger partial charge in [-0.15, -0.1) is 0 Å². The van der Waals surface area contributed by atoms with E-state index in [-0.39, 0.29) is 5.97 Å². The second-order valence-electron chi connectivity index (χ2n) is 5.56. The minimum atomic E-state index is -0.499. The van der Waals surface area contributed by atoms with Crippen LogP contribution in [0.25, 0.3) is 0 Å². The molecule has 0 saturated heterocycles. The average Bonchev–Trinajstić information content (AvgIpc) is 2.38. The van der Waals surface area contributed by atoms with Crippen LogP contribution in [0.5, 0.6) is 0 Å². The molecule has 2 N–H and O–H groups in total. The Balaban J connectivity index is 2.65. The van der Waals surface area contributed by atoms with Gasteiger partial charge in [0.25, 0.3) is 0 Å². The Kier molecular flexibility index (Phi) is 5.50. The maximum Gasteiger partial charge on any atom is 0.338 e. The fourth-order valence-electron chi connectivity index (χ4n) is 1.61. The first-order valence-corrected chi connectivity index (χ1v) is 6.54. The molecule has 0 saturated carbocycles. The molecule has 0 atom stereocenters. The molecule has 0 spiro atoms. The van der Waals surface area contributed by atoms with Gasteiger partial charge < -0.3 is 10.5 Å². The van der Waals surface area contributed by atoms with E-state index < -0.39 is 5.60 Å². The highest BCUT2D eigenvalue weighted by molar-refractivity contribution is 5.89. The third-order valence-electron chi connectivity index (χ3n) is 2.66. The summed E-state index contributed by atoms with van der Waals surface area (Å²) in [7, 11) is 0. The standard InChI is InChI=1S/C16H21NO3/c1-16(2,3)20-15(19)14-8-6-12(7-9-14)4-5-13(10-17)11-18/h6-11H,4-5,17H2,1-3H3/b13-10-. The number of aldehydes is 1. The molecule has 0 aliphatic rings. The third-order valence-corrected chi connectivity index (χ3v) is 2.66. The smallest absolute Gasteiger partial charge is 0.338 e. The highest BCUT2D eigenvalue weighted by Gasteiger charge is 2.17. The van der Waals surface area contributed by atoms with Gasteiger partial charge in [0.05, 0.1) is 5.56 Å². The molecule has 0 fully saturated rings. The van der Waals surface area contributed by atoms with Gasteiger partial charge in [0.15, 0.2) is 0 Å². The van der Waals surface area contributed by atoms with Crippen LogP contribution in [0.15, 0.2) is 36.0 Å². The molecule has 0 amide bonds. The molecule has 0 unspecified atom stereocenters. The van der Waals surface area contributed by atoms with E-state index in [2.05, 4.69) is 0 Å². The summed E-state index contributed by atoms with van der Waals surface area (Å²) < 4.78 is 5.29. The Bertz CT molecular complexity index is 495. The van der Waals surface area contributed by atoms with Gasteiger partial charge in [-0.1, -0.05) is 12.1 Å². The van der Waals surface area contributed by atoms with E-state index >= 15 is 0 Å². The summed E-state index contributed by atoms with van der Waals surface area (Å²) in [5.74, 6) is -0.334. The van der Waals surface area contributed by atoms with Gasteiger partial charge in [-0.05, 0) is 51.3 Å². The molecule has 1 rings (SSSR count). The Labute approximate surface area is 119 Å². The molecule has 0 bridgehead atoms. The van der Waals surface area contributed by atoms with Crippen molar-refractivity contribution in [1.82, 2.24) is 0 Å². The van der Waals surface area contributed by atoms with Gasteiger partial charge in [0, 0.05) is 11.8 Å². The summed E-state index contributed by atoms with van der Waals surface area (Å²) in [6.07, 6.45) is 3.37. The molecule has 0 heterocycles. The quantitative estimate of drug-likeness (QED) is 0.509. The first kappa shape index (κ1) is 16.0. The van der Waals surface area contributed by atoms with Crippen LogP contribution in [0, 0.1) is 0 Å². The first-order valence-electron chi connectivity index (χ1n) is 6.54. The van der Waals surface area contributed by atoms with Gasteiger partial charge in [0.2, 0.25) is 0 Å². The number of carbonyl (C=O) groups is 2. The van der Waals surface area contributed by atoms with E-state index in [1.54, 1.807) is 12.1 Å². The highest BCUT2D eigenvalue weighted by atomic mass is 16.6. The van der Waals surface area contributed by atoms with Crippen LogP contribution in [0.1, 0.15) is 43.1 Å². The largest absolute Gasteiger partial charge is 0.456 e. The second-order valence-corrected chi connectivity index (χ2v) is 5.56. The zero-order valence-corrected chi connectivity index (χ0v) is 12.2. The lowest BCUT2D eigenvalue weighted by atomic mass is 10.0. The number of allylic oxidation sites excluding steroid dienone is 1. The number of benzene rings is 1. The maximum absolute atomic E-state index is 11.8. The number of aryl methyl sites for hydroxylation is 1. The van der Waals surface area contributed by atoms with E-state index in [4.69, 9.17) is 10.5 Å². The first-order chi connectivity index (χ1) is 9.35. The van der Waals surface area contributed by atoms with Crippen LogP contribution in [0.2, 0.25) is 0 Å². The van der Waals surface area contributed by atoms with Crippen LogP contribution in [-0.2, 0) is 16.0 Å². The average molecular weight is 275 g/mol. The van der Waals surface area contributed by atoms with Crippen molar-refractivity contribution in [3.05, 3.63) is 47.2 Å². The van der Waals surface area contributed by atoms with Crippen molar-refractivity contribution in [2.24, 2.45) is 5.73 Å². The maximum atomic E-state index is 11.8. The lowest BCUT2D eigenvalue weighted by Gasteiger charge is -2.19. The predicted octanol–water partition coefficient (Wildman–Crippen LogP) is 2.62. The van der Waals surface area contributed by atoms with Crippen molar-refractivity contribution in [3.63, 3.8) is 0 Å². The summed E-state index contributed by atoms with van der Waals surface area (Å²) in [5.41, 5.74) is 6.95. The highest BCUT2D eigenvalue weighted by Crippen LogP contribution is 2.14. The molecule has 1 aromatic rings. The van der Waals surface area contributed by atoms with Gasteiger partial charge in [-0.3, -0.25) is 4.79 Å². The molecule has 0 radical (unpaired) electrons. The predicted molar refractivity (Wildman–Crippen MR) is 78.3 cm³/mol. The van der Waals surface area contributed by atoms with E-state index in [1.807, 2.05) is 32.9 Å². The fraction of sp³-hybridized carbons (Fsp3) is 0.375. The number of rotatable bonds is 5. The van der Waals surface area contributed by atoms with E-state index in [0.29, 0.717) is 24.0 Å². The minimum absolute atomic E-state index is 0.334. The van der Waals surface area contributed by atoms with Gasteiger partial charge >= 0.3 is 5.97 Å². The molecule has 4 nitrogen and oxygen atoms in total. The summed E-state index contributed by atoms with van der Waals surface area (Å²) in [4.78, 5) is 22.5. The number of nitrogens with two attached hydrogens (primary N) is 1. The third kappa shape index (κ3) is 5.26. The van der Waals surface area contributed by atoms with Gasteiger partial charge in [-0.2, -0.15) is 0 Å². The Morgan fingerprint density at radius 2 is 1.85 bits per heavy atom. The summed E-state index contributed by atoms with van der Waals surface area (Å²) >= 11 is 0. The molecule has 20 heavy (non-hydrogen) atoms. The van der Waals surface area contributed by atoms with Crippen LogP contribution in [-0.4, -0.2) is 17.9 Å². The van der Waals surface area contributed by atoms with Crippen LogP contribution < -0.4 is 5.73 Å². The van der Waals surface area contributed by atoms with Crippen LogP contribution in [0.4, 0.5) is 0 Å². The van der Waals surface area contributed by atoms with Crippen LogP contribution >= 0.6 is 0 Å². The van der Waals surface area contributed by atoms with Crippen molar-refractivity contribution in [2.45, 2.75) is 39.2 Å². The zero-order valence-electron chi connectivity index (χ0n) is 12.2. The lowest BCUT2D eigenvalue weighted by Crippen LogP contribution is -2.23. The van der Waals surface area contributed by atoms with Crippen molar-refractivity contribution in [2.75, 3.05) is 0 Å². The van der Waals surface area contributed by atoms with Crippen molar-refractivity contribution in [3.8, 4) is 0 Å². The second kappa shape index (κ2) is 6.89. The number of esters is 1. The molecular formula is C16H21NO3. The molecule has 0 aromatic heterocycles. The SMILES string of the molecule is CC(C)(C)OC(=O)c1ccc(CC/C(C=O)=C/N)cc1.